The van der Waals surface area contributed by atoms with Crippen LogP contribution in [0.1, 0.15) is 33.1 Å². The zero-order chi connectivity index (χ0) is 12.3. The molecule has 2 heterocycles. The maximum absolute atomic E-state index is 11.8. The van der Waals surface area contributed by atoms with Crippen LogP contribution in [0.5, 0.6) is 0 Å². The normalized spacial score (nSPS) is 26.4. The SMILES string of the molecule is CC(C)C1NCC(=O)N1CCCN1CCCC1. The molecule has 0 radical (unpaired) electrons. The van der Waals surface area contributed by atoms with Crippen LogP contribution in [0.25, 0.3) is 0 Å². The molecule has 0 aromatic carbocycles. The minimum absolute atomic E-state index is 0.251. The Hall–Kier alpha value is -0.610. The summed E-state index contributed by atoms with van der Waals surface area (Å²) in [5.74, 6) is 0.762. The predicted molar refractivity (Wildman–Crippen MR) is 68.6 cm³/mol. The molecule has 4 nitrogen and oxygen atoms in total. The van der Waals surface area contributed by atoms with Crippen molar-refractivity contribution in [2.75, 3.05) is 32.7 Å². The van der Waals surface area contributed by atoms with E-state index in [1.807, 2.05) is 4.90 Å². The molecule has 0 aromatic rings. The van der Waals surface area contributed by atoms with Crippen molar-refractivity contribution >= 4 is 5.91 Å². The van der Waals surface area contributed by atoms with Crippen molar-refractivity contribution in [1.82, 2.24) is 15.1 Å². The van der Waals surface area contributed by atoms with Gasteiger partial charge in [0.25, 0.3) is 0 Å². The fraction of sp³-hybridized carbons (Fsp3) is 0.923. The molecule has 1 amide bonds. The Bertz CT molecular complexity index is 261. The Morgan fingerprint density at radius 3 is 2.65 bits per heavy atom. The number of rotatable bonds is 5. The fourth-order valence-corrected chi connectivity index (χ4v) is 2.89. The molecule has 0 saturated carbocycles. The lowest BCUT2D eigenvalue weighted by molar-refractivity contribution is -0.128. The van der Waals surface area contributed by atoms with E-state index in [-0.39, 0.29) is 12.1 Å². The summed E-state index contributed by atoms with van der Waals surface area (Å²) in [5.41, 5.74) is 0. The van der Waals surface area contributed by atoms with Crippen molar-refractivity contribution in [3.05, 3.63) is 0 Å². The summed E-state index contributed by atoms with van der Waals surface area (Å²) in [7, 11) is 0. The molecule has 0 aromatic heterocycles. The number of hydrogen-bond acceptors (Lipinski definition) is 3. The van der Waals surface area contributed by atoms with Gasteiger partial charge in [0.2, 0.25) is 5.91 Å². The number of carbonyl (C=O) groups excluding carboxylic acids is 1. The molecule has 1 unspecified atom stereocenters. The molecule has 1 atom stereocenters. The van der Waals surface area contributed by atoms with Crippen molar-refractivity contribution in [2.45, 2.75) is 39.3 Å². The van der Waals surface area contributed by atoms with Gasteiger partial charge in [-0.05, 0) is 44.8 Å². The van der Waals surface area contributed by atoms with Crippen molar-refractivity contribution in [3.63, 3.8) is 0 Å². The van der Waals surface area contributed by atoms with E-state index < -0.39 is 0 Å². The maximum atomic E-state index is 11.8. The highest BCUT2D eigenvalue weighted by Crippen LogP contribution is 2.14. The monoisotopic (exact) mass is 239 g/mol. The molecule has 2 aliphatic rings. The number of hydrogen-bond donors (Lipinski definition) is 1. The van der Waals surface area contributed by atoms with Gasteiger partial charge in [-0.3, -0.25) is 10.1 Å². The Kier molecular flexibility index (Phi) is 4.40. The highest BCUT2D eigenvalue weighted by molar-refractivity contribution is 5.80. The third kappa shape index (κ3) is 3.19. The molecule has 2 fully saturated rings. The van der Waals surface area contributed by atoms with Crippen LogP contribution in [-0.4, -0.2) is 54.6 Å². The van der Waals surface area contributed by atoms with Gasteiger partial charge >= 0.3 is 0 Å². The third-order valence-corrected chi connectivity index (χ3v) is 3.82. The second kappa shape index (κ2) is 5.83. The van der Waals surface area contributed by atoms with E-state index in [9.17, 15) is 4.79 Å². The largest absolute Gasteiger partial charge is 0.326 e. The lowest BCUT2D eigenvalue weighted by Crippen LogP contribution is -2.42. The zero-order valence-corrected chi connectivity index (χ0v) is 11.1. The smallest absolute Gasteiger partial charge is 0.237 e. The number of nitrogens with one attached hydrogen (secondary N) is 1. The summed E-state index contributed by atoms with van der Waals surface area (Å²) in [4.78, 5) is 16.3. The molecule has 4 heteroatoms. The average molecular weight is 239 g/mol. The first-order valence-electron chi connectivity index (χ1n) is 6.93. The summed E-state index contributed by atoms with van der Waals surface area (Å²) >= 11 is 0. The van der Waals surface area contributed by atoms with E-state index in [0.717, 1.165) is 19.5 Å². The first-order chi connectivity index (χ1) is 8.18. The quantitative estimate of drug-likeness (QED) is 0.774. The van der Waals surface area contributed by atoms with Crippen molar-refractivity contribution in [2.24, 2.45) is 5.92 Å². The highest BCUT2D eigenvalue weighted by atomic mass is 16.2. The van der Waals surface area contributed by atoms with Crippen molar-refractivity contribution in [3.8, 4) is 0 Å². The Morgan fingerprint density at radius 1 is 1.29 bits per heavy atom. The fourth-order valence-electron chi connectivity index (χ4n) is 2.89. The van der Waals surface area contributed by atoms with E-state index in [4.69, 9.17) is 0 Å². The van der Waals surface area contributed by atoms with Crippen LogP contribution in [0.3, 0.4) is 0 Å². The van der Waals surface area contributed by atoms with Gasteiger partial charge in [-0.25, -0.2) is 0 Å². The molecular formula is C13H25N3O. The van der Waals surface area contributed by atoms with Gasteiger partial charge in [0.1, 0.15) is 0 Å². The van der Waals surface area contributed by atoms with Crippen LogP contribution in [0, 0.1) is 5.92 Å². The number of nitrogens with zero attached hydrogens (tertiary/aromatic N) is 2. The van der Waals surface area contributed by atoms with Crippen LogP contribution in [0.2, 0.25) is 0 Å². The van der Waals surface area contributed by atoms with Gasteiger partial charge in [0, 0.05) is 6.54 Å². The molecule has 17 heavy (non-hydrogen) atoms. The predicted octanol–water partition coefficient (Wildman–Crippen LogP) is 0.886. The molecule has 1 N–H and O–H groups in total. The topological polar surface area (TPSA) is 35.6 Å². The van der Waals surface area contributed by atoms with E-state index in [2.05, 4.69) is 24.1 Å². The Morgan fingerprint density at radius 2 is 2.00 bits per heavy atom. The van der Waals surface area contributed by atoms with Gasteiger partial charge in [-0.2, -0.15) is 0 Å². The minimum atomic E-state index is 0.251. The van der Waals surface area contributed by atoms with E-state index >= 15 is 0 Å². The van der Waals surface area contributed by atoms with Crippen LogP contribution in [0.15, 0.2) is 0 Å². The second-order valence-corrected chi connectivity index (χ2v) is 5.56. The number of carbonyl (C=O) groups is 1. The summed E-state index contributed by atoms with van der Waals surface area (Å²) in [6.07, 6.45) is 4.05. The third-order valence-electron chi connectivity index (χ3n) is 3.82. The number of likely N-dealkylation sites (tertiary alicyclic amines) is 1. The summed E-state index contributed by atoms with van der Waals surface area (Å²) in [6.45, 7) is 9.42. The van der Waals surface area contributed by atoms with E-state index in [1.165, 1.54) is 25.9 Å². The Labute approximate surface area is 104 Å². The van der Waals surface area contributed by atoms with Gasteiger partial charge in [0.15, 0.2) is 0 Å². The van der Waals surface area contributed by atoms with E-state index in [1.54, 1.807) is 0 Å². The van der Waals surface area contributed by atoms with Crippen LogP contribution in [-0.2, 0) is 4.79 Å². The van der Waals surface area contributed by atoms with Gasteiger partial charge in [-0.15, -0.1) is 0 Å². The van der Waals surface area contributed by atoms with Crippen LogP contribution < -0.4 is 5.32 Å². The average Bonchev–Trinajstić information content (AvgIpc) is 2.89. The molecular weight excluding hydrogens is 214 g/mol. The lowest BCUT2D eigenvalue weighted by atomic mass is 10.1. The number of amides is 1. The summed E-state index contributed by atoms with van der Waals surface area (Å²) in [6, 6.07) is 0. The second-order valence-electron chi connectivity index (χ2n) is 5.56. The van der Waals surface area contributed by atoms with Gasteiger partial charge < -0.3 is 9.80 Å². The van der Waals surface area contributed by atoms with Crippen LogP contribution in [0.4, 0.5) is 0 Å². The molecule has 0 spiro atoms. The van der Waals surface area contributed by atoms with Crippen molar-refractivity contribution in [1.29, 1.82) is 0 Å². The molecule has 0 aliphatic carbocycles. The first-order valence-corrected chi connectivity index (χ1v) is 6.93. The maximum Gasteiger partial charge on any atom is 0.237 e. The van der Waals surface area contributed by atoms with Gasteiger partial charge in [0.05, 0.1) is 12.7 Å². The first kappa shape index (κ1) is 12.8. The molecule has 98 valence electrons. The van der Waals surface area contributed by atoms with Gasteiger partial charge in [-0.1, -0.05) is 13.8 Å². The molecule has 2 aliphatic heterocycles. The lowest BCUT2D eigenvalue weighted by Gasteiger charge is -2.28. The molecule has 2 rings (SSSR count). The zero-order valence-electron chi connectivity index (χ0n) is 11.1. The molecule has 2 saturated heterocycles. The molecule has 0 bridgehead atoms. The minimum Gasteiger partial charge on any atom is -0.326 e. The Balaban J connectivity index is 1.74. The van der Waals surface area contributed by atoms with Crippen molar-refractivity contribution < 1.29 is 4.79 Å². The van der Waals surface area contributed by atoms with Crippen LogP contribution >= 0.6 is 0 Å². The van der Waals surface area contributed by atoms with E-state index in [0.29, 0.717) is 12.5 Å². The standard InChI is InChI=1S/C13H25N3O/c1-11(2)13-14-10-12(17)16(13)9-5-8-15-6-3-4-7-15/h11,13-14H,3-10H2,1-2H3. The summed E-state index contributed by atoms with van der Waals surface area (Å²) < 4.78 is 0. The summed E-state index contributed by atoms with van der Waals surface area (Å²) in [5, 5.41) is 3.30. The highest BCUT2D eigenvalue weighted by Gasteiger charge is 2.31.